The van der Waals surface area contributed by atoms with Gasteiger partial charge in [-0.3, -0.25) is 0 Å². The van der Waals surface area contributed by atoms with E-state index in [0.29, 0.717) is 6.42 Å². The summed E-state index contributed by atoms with van der Waals surface area (Å²) >= 11 is 5.21. The number of hydrogen-bond donors (Lipinski definition) is 0. The van der Waals surface area contributed by atoms with Crippen molar-refractivity contribution in [3.05, 3.63) is 23.8 Å². The fraction of sp³-hybridized carbons (Fsp3) is 0.286. The minimum Gasteiger partial charge on any atom is -0.303 e. The van der Waals surface area contributed by atoms with Crippen molar-refractivity contribution in [2.24, 2.45) is 0 Å². The molecule has 1 nitrogen and oxygen atoms in total. The smallest absolute Gasteiger partial charge is 0.120 e. The standard InChI is InChI=1S/C7H9ClO/c8-6-4-2-1-3-5-7-9/h1-2,4,6-7H,3,5H2/b2-1+,6-4+. The van der Waals surface area contributed by atoms with Crippen LogP contribution in [0.2, 0.25) is 0 Å². The molecule has 0 fully saturated rings. The Kier molecular flexibility index (Phi) is 6.98. The summed E-state index contributed by atoms with van der Waals surface area (Å²) in [6, 6.07) is 0. The lowest BCUT2D eigenvalue weighted by Gasteiger charge is -1.77. The Hall–Kier alpha value is -0.560. The predicted molar refractivity (Wildman–Crippen MR) is 39.4 cm³/mol. The Morgan fingerprint density at radius 1 is 1.22 bits per heavy atom. The van der Waals surface area contributed by atoms with E-state index in [-0.39, 0.29) is 0 Å². The molecule has 0 aliphatic rings. The van der Waals surface area contributed by atoms with Crippen LogP contribution in [0.25, 0.3) is 0 Å². The third-order valence-electron chi connectivity index (χ3n) is 0.771. The maximum Gasteiger partial charge on any atom is 0.120 e. The Balaban J connectivity index is 3.14. The van der Waals surface area contributed by atoms with Gasteiger partial charge in [0, 0.05) is 12.0 Å². The number of carbonyl (C=O) groups is 1. The van der Waals surface area contributed by atoms with Crippen molar-refractivity contribution in [3.63, 3.8) is 0 Å². The van der Waals surface area contributed by atoms with E-state index in [1.807, 2.05) is 12.2 Å². The molecule has 0 saturated heterocycles. The van der Waals surface area contributed by atoms with Crippen molar-refractivity contribution in [1.82, 2.24) is 0 Å². The molecule has 0 unspecified atom stereocenters. The lowest BCUT2D eigenvalue weighted by atomic mass is 10.3. The lowest BCUT2D eigenvalue weighted by Crippen LogP contribution is -1.68. The van der Waals surface area contributed by atoms with Crippen molar-refractivity contribution in [2.75, 3.05) is 0 Å². The Morgan fingerprint density at radius 2 is 2.00 bits per heavy atom. The largest absolute Gasteiger partial charge is 0.303 e. The topological polar surface area (TPSA) is 17.1 Å². The molecule has 0 N–H and O–H groups in total. The van der Waals surface area contributed by atoms with E-state index in [1.54, 1.807) is 6.08 Å². The first-order valence-corrected chi connectivity index (χ1v) is 3.21. The van der Waals surface area contributed by atoms with Gasteiger partial charge < -0.3 is 4.79 Å². The van der Waals surface area contributed by atoms with Crippen molar-refractivity contribution >= 4 is 17.9 Å². The van der Waals surface area contributed by atoms with Gasteiger partial charge in [-0.15, -0.1) is 0 Å². The van der Waals surface area contributed by atoms with E-state index in [2.05, 4.69) is 0 Å². The molecule has 0 radical (unpaired) electrons. The zero-order valence-electron chi connectivity index (χ0n) is 5.09. The first-order chi connectivity index (χ1) is 4.41. The molecule has 2 heteroatoms. The van der Waals surface area contributed by atoms with Crippen molar-refractivity contribution in [3.8, 4) is 0 Å². The monoisotopic (exact) mass is 144 g/mol. The van der Waals surface area contributed by atoms with Gasteiger partial charge in [0.05, 0.1) is 0 Å². The van der Waals surface area contributed by atoms with Crippen LogP contribution in [0.4, 0.5) is 0 Å². The van der Waals surface area contributed by atoms with Gasteiger partial charge in [-0.1, -0.05) is 29.8 Å². The van der Waals surface area contributed by atoms with Gasteiger partial charge in [0.1, 0.15) is 6.29 Å². The van der Waals surface area contributed by atoms with Gasteiger partial charge in [0.15, 0.2) is 0 Å². The normalized spacial score (nSPS) is 11.2. The van der Waals surface area contributed by atoms with Crippen molar-refractivity contribution < 1.29 is 4.79 Å². The quantitative estimate of drug-likeness (QED) is 0.336. The molecule has 50 valence electrons. The Labute approximate surface area is 60.0 Å². The number of hydrogen-bond acceptors (Lipinski definition) is 1. The van der Waals surface area contributed by atoms with Gasteiger partial charge in [-0.25, -0.2) is 0 Å². The lowest BCUT2D eigenvalue weighted by molar-refractivity contribution is -0.107. The molecule has 0 aromatic heterocycles. The number of aldehydes is 1. The molecular formula is C7H9ClO. The van der Waals surface area contributed by atoms with Crippen LogP contribution in [0.3, 0.4) is 0 Å². The Morgan fingerprint density at radius 3 is 2.56 bits per heavy atom. The summed E-state index contributed by atoms with van der Waals surface area (Å²) in [6.07, 6.45) is 7.71. The van der Waals surface area contributed by atoms with Gasteiger partial charge in [-0.05, 0) is 6.42 Å². The number of carbonyl (C=O) groups excluding carboxylic acids is 1. The second kappa shape index (κ2) is 7.44. The zero-order valence-corrected chi connectivity index (χ0v) is 5.84. The summed E-state index contributed by atoms with van der Waals surface area (Å²) in [5.74, 6) is 0. The zero-order chi connectivity index (χ0) is 6.95. The summed E-state index contributed by atoms with van der Waals surface area (Å²) in [6.45, 7) is 0. The van der Waals surface area contributed by atoms with Gasteiger partial charge in [-0.2, -0.15) is 0 Å². The molecule has 0 saturated carbocycles. The minimum absolute atomic E-state index is 0.590. The Bertz CT molecular complexity index is 116. The molecule has 0 rings (SSSR count). The molecule has 0 bridgehead atoms. The first kappa shape index (κ1) is 8.44. The van der Waals surface area contributed by atoms with E-state index in [1.165, 1.54) is 5.54 Å². The third kappa shape index (κ3) is 7.44. The molecule has 0 atom stereocenters. The highest BCUT2D eigenvalue weighted by atomic mass is 35.5. The fourth-order valence-corrected chi connectivity index (χ4v) is 0.465. The molecule has 9 heavy (non-hydrogen) atoms. The van der Waals surface area contributed by atoms with E-state index in [4.69, 9.17) is 11.6 Å². The van der Waals surface area contributed by atoms with Crippen LogP contribution in [-0.2, 0) is 4.79 Å². The molecule has 0 aromatic carbocycles. The maximum atomic E-state index is 9.76. The molecule has 0 heterocycles. The van der Waals surface area contributed by atoms with Gasteiger partial charge >= 0.3 is 0 Å². The van der Waals surface area contributed by atoms with Crippen LogP contribution >= 0.6 is 11.6 Å². The molecule has 0 amide bonds. The number of rotatable bonds is 4. The van der Waals surface area contributed by atoms with Crippen LogP contribution in [0, 0.1) is 0 Å². The van der Waals surface area contributed by atoms with Crippen LogP contribution < -0.4 is 0 Å². The molecular weight excluding hydrogens is 136 g/mol. The van der Waals surface area contributed by atoms with Gasteiger partial charge in [0.2, 0.25) is 0 Å². The summed E-state index contributed by atoms with van der Waals surface area (Å²) in [5, 5.41) is 0. The van der Waals surface area contributed by atoms with E-state index < -0.39 is 0 Å². The summed E-state index contributed by atoms with van der Waals surface area (Å²) in [7, 11) is 0. The van der Waals surface area contributed by atoms with Crippen LogP contribution in [0.5, 0.6) is 0 Å². The van der Waals surface area contributed by atoms with E-state index in [0.717, 1.165) is 12.7 Å². The second-order valence-corrected chi connectivity index (χ2v) is 1.74. The molecule has 0 aromatic rings. The van der Waals surface area contributed by atoms with Crippen LogP contribution in [0.1, 0.15) is 12.8 Å². The number of unbranched alkanes of at least 4 members (excludes halogenated alkanes) is 1. The second-order valence-electron chi connectivity index (χ2n) is 1.49. The van der Waals surface area contributed by atoms with Crippen molar-refractivity contribution in [2.45, 2.75) is 12.8 Å². The molecule has 0 aliphatic heterocycles. The third-order valence-corrected chi connectivity index (χ3v) is 0.917. The SMILES string of the molecule is O=CCC/C=C/C=C/Cl. The first-order valence-electron chi connectivity index (χ1n) is 2.77. The predicted octanol–water partition coefficient (Wildman–Crippen LogP) is 2.27. The maximum absolute atomic E-state index is 9.76. The fourth-order valence-electron chi connectivity index (χ4n) is 0.381. The number of allylic oxidation sites excluding steroid dienone is 3. The summed E-state index contributed by atoms with van der Waals surface area (Å²) in [5.41, 5.74) is 1.43. The summed E-state index contributed by atoms with van der Waals surface area (Å²) in [4.78, 5) is 9.76. The van der Waals surface area contributed by atoms with Crippen LogP contribution in [-0.4, -0.2) is 6.29 Å². The highest BCUT2D eigenvalue weighted by molar-refractivity contribution is 6.25. The van der Waals surface area contributed by atoms with E-state index >= 15 is 0 Å². The molecule has 0 spiro atoms. The minimum atomic E-state index is 0.590. The number of halogens is 1. The average Bonchev–Trinajstić information content (AvgIpc) is 1.89. The average molecular weight is 145 g/mol. The van der Waals surface area contributed by atoms with Gasteiger partial charge in [0.25, 0.3) is 0 Å². The summed E-state index contributed by atoms with van der Waals surface area (Å²) < 4.78 is 0. The van der Waals surface area contributed by atoms with Crippen LogP contribution in [0.15, 0.2) is 23.8 Å². The molecule has 0 aliphatic carbocycles. The van der Waals surface area contributed by atoms with E-state index in [9.17, 15) is 4.79 Å². The highest BCUT2D eigenvalue weighted by Gasteiger charge is 1.73. The van der Waals surface area contributed by atoms with Crippen molar-refractivity contribution in [1.29, 1.82) is 0 Å². The highest BCUT2D eigenvalue weighted by Crippen LogP contribution is 1.88.